The van der Waals surface area contributed by atoms with Gasteiger partial charge in [0.15, 0.2) is 0 Å². The Labute approximate surface area is 223 Å². The summed E-state index contributed by atoms with van der Waals surface area (Å²) in [5.41, 5.74) is 5.86. The molecule has 1 amide bonds. The van der Waals surface area contributed by atoms with E-state index >= 15 is 0 Å². The molecule has 1 aromatic carbocycles. The van der Waals surface area contributed by atoms with Crippen molar-refractivity contribution in [2.75, 3.05) is 6.54 Å². The summed E-state index contributed by atoms with van der Waals surface area (Å²) < 4.78 is 2.37. The van der Waals surface area contributed by atoms with E-state index in [1.807, 2.05) is 13.0 Å². The molecule has 0 bridgehead atoms. The van der Waals surface area contributed by atoms with Crippen molar-refractivity contribution in [2.24, 2.45) is 11.3 Å². The fourth-order valence-corrected chi connectivity index (χ4v) is 5.48. The molecule has 0 radical (unpaired) electrons. The Hall–Kier alpha value is -2.56. The van der Waals surface area contributed by atoms with Crippen molar-refractivity contribution in [1.82, 2.24) is 9.88 Å². The van der Waals surface area contributed by atoms with Crippen molar-refractivity contribution in [2.45, 2.75) is 111 Å². The smallest absolute Gasteiger partial charge is 0.310 e. The Morgan fingerprint density at radius 1 is 1.03 bits per heavy atom. The maximum atomic E-state index is 13.4. The number of aromatic nitrogens is 1. The van der Waals surface area contributed by atoms with Crippen LogP contribution in [-0.2, 0) is 22.2 Å². The van der Waals surface area contributed by atoms with Crippen LogP contribution in [-0.4, -0.2) is 28.1 Å². The third-order valence-electron chi connectivity index (χ3n) is 8.84. The second kappa shape index (κ2) is 9.96. The highest BCUT2D eigenvalue weighted by Gasteiger charge is 2.40. The van der Waals surface area contributed by atoms with E-state index in [1.54, 1.807) is 13.8 Å². The molecule has 0 saturated heterocycles. The van der Waals surface area contributed by atoms with Gasteiger partial charge in [0.2, 0.25) is 0 Å². The Bertz CT molecular complexity index is 1150. The molecule has 5 heteroatoms. The molecule has 37 heavy (non-hydrogen) atoms. The van der Waals surface area contributed by atoms with Crippen molar-refractivity contribution < 1.29 is 14.7 Å². The van der Waals surface area contributed by atoms with E-state index in [1.165, 1.54) is 61.6 Å². The first-order valence-electron chi connectivity index (χ1n) is 14.1. The first kappa shape index (κ1) is 27.5. The summed E-state index contributed by atoms with van der Waals surface area (Å²) in [5, 5.41) is 12.4. The molecule has 2 aliphatic rings. The van der Waals surface area contributed by atoms with Gasteiger partial charge >= 0.3 is 5.97 Å². The van der Waals surface area contributed by atoms with Crippen LogP contribution in [0.2, 0.25) is 0 Å². The van der Waals surface area contributed by atoms with Gasteiger partial charge in [0.05, 0.1) is 11.0 Å². The molecule has 2 saturated carbocycles. The lowest BCUT2D eigenvalue weighted by Crippen LogP contribution is -2.39. The van der Waals surface area contributed by atoms with Gasteiger partial charge in [-0.3, -0.25) is 9.59 Å². The number of nitrogens with zero attached hydrogens (tertiary/aromatic N) is 1. The summed E-state index contributed by atoms with van der Waals surface area (Å²) in [6.45, 7) is 15.5. The monoisotopic (exact) mass is 506 g/mol. The molecule has 2 fully saturated rings. The molecule has 2 N–H and O–H groups in total. The summed E-state index contributed by atoms with van der Waals surface area (Å²) in [6, 6.07) is 9.10. The molecule has 1 aromatic heterocycles. The fourth-order valence-electron chi connectivity index (χ4n) is 5.48. The second-order valence-corrected chi connectivity index (χ2v) is 13.6. The highest BCUT2D eigenvalue weighted by molar-refractivity contribution is 5.97. The number of rotatable bonds is 8. The number of aliphatic carboxylic acids is 1. The van der Waals surface area contributed by atoms with E-state index in [0.717, 1.165) is 17.9 Å². The van der Waals surface area contributed by atoms with Gasteiger partial charge in [-0.05, 0) is 98.1 Å². The molecule has 5 nitrogen and oxygen atoms in total. The minimum absolute atomic E-state index is 0.0223. The molecule has 0 unspecified atom stereocenters. The third-order valence-corrected chi connectivity index (χ3v) is 8.84. The first-order valence-corrected chi connectivity index (χ1v) is 14.1. The molecule has 0 aliphatic heterocycles. The van der Waals surface area contributed by atoms with Crippen LogP contribution in [0.4, 0.5) is 0 Å². The first-order chi connectivity index (χ1) is 17.2. The fraction of sp³-hybridized carbons (Fsp3) is 0.625. The van der Waals surface area contributed by atoms with Crippen LogP contribution in [0.3, 0.4) is 0 Å². The van der Waals surface area contributed by atoms with Crippen LogP contribution in [0, 0.1) is 18.3 Å². The number of nitrogens with one attached hydrogen (secondary N) is 1. The zero-order chi connectivity index (χ0) is 27.2. The van der Waals surface area contributed by atoms with Gasteiger partial charge in [-0.15, -0.1) is 0 Å². The van der Waals surface area contributed by atoms with Crippen molar-refractivity contribution in [3.8, 4) is 11.3 Å². The Balaban J connectivity index is 1.78. The van der Waals surface area contributed by atoms with Gasteiger partial charge < -0.3 is 15.0 Å². The van der Waals surface area contributed by atoms with E-state index in [0.29, 0.717) is 11.5 Å². The second-order valence-electron chi connectivity index (χ2n) is 13.6. The molecule has 0 atom stereocenters. The summed E-state index contributed by atoms with van der Waals surface area (Å²) >= 11 is 0. The zero-order valence-electron chi connectivity index (χ0n) is 24.0. The summed E-state index contributed by atoms with van der Waals surface area (Å²) in [6.07, 6.45) is 8.77. The van der Waals surface area contributed by atoms with Crippen molar-refractivity contribution in [3.63, 3.8) is 0 Å². The number of carboxylic acid groups (broad SMARTS) is 1. The van der Waals surface area contributed by atoms with E-state index in [4.69, 9.17) is 0 Å². The number of carboxylic acids is 1. The Kier molecular flexibility index (Phi) is 7.40. The van der Waals surface area contributed by atoms with Gasteiger partial charge in [0.25, 0.3) is 5.91 Å². The molecule has 2 aromatic rings. The lowest BCUT2D eigenvalue weighted by Gasteiger charge is -2.26. The maximum Gasteiger partial charge on any atom is 0.310 e. The minimum Gasteiger partial charge on any atom is -0.481 e. The van der Waals surface area contributed by atoms with Crippen molar-refractivity contribution in [3.05, 3.63) is 46.6 Å². The molecule has 202 valence electrons. The van der Waals surface area contributed by atoms with Crippen LogP contribution < -0.4 is 5.32 Å². The zero-order valence-corrected chi connectivity index (χ0v) is 24.0. The number of amides is 1. The molecular formula is C32H46N2O3. The quantitative estimate of drug-likeness (QED) is 0.397. The van der Waals surface area contributed by atoms with Crippen LogP contribution in [0.5, 0.6) is 0 Å². The number of carbonyl (C=O) groups is 2. The van der Waals surface area contributed by atoms with Gasteiger partial charge in [-0.1, -0.05) is 53.0 Å². The highest BCUT2D eigenvalue weighted by Crippen LogP contribution is 2.49. The van der Waals surface area contributed by atoms with Gasteiger partial charge in [-0.2, -0.15) is 0 Å². The lowest BCUT2D eigenvalue weighted by molar-refractivity contribution is -0.146. The van der Waals surface area contributed by atoms with Gasteiger partial charge in [0, 0.05) is 24.5 Å². The topological polar surface area (TPSA) is 71.3 Å². The van der Waals surface area contributed by atoms with E-state index in [2.05, 4.69) is 55.8 Å². The molecular weight excluding hydrogens is 460 g/mol. The molecule has 2 aliphatic carbocycles. The van der Waals surface area contributed by atoms with Crippen LogP contribution in [0.1, 0.15) is 114 Å². The average molecular weight is 507 g/mol. The number of benzene rings is 1. The summed E-state index contributed by atoms with van der Waals surface area (Å²) in [7, 11) is 0. The van der Waals surface area contributed by atoms with Crippen LogP contribution in [0.25, 0.3) is 11.3 Å². The highest BCUT2D eigenvalue weighted by atomic mass is 16.4. The maximum absolute atomic E-state index is 13.4. The lowest BCUT2D eigenvalue weighted by atomic mass is 9.82. The predicted molar refractivity (Wildman–Crippen MR) is 150 cm³/mol. The standard InChI is InChI=1S/C32H46N2O3/c1-21-26(28(35)33-20-31(5,6)29(36)37)18-27(34(21)19-22-11-9-8-10-12-22)23-15-24(30(2,3)4)17-25(16-23)32(7)13-14-32/h15-18,22H,8-14,19-20H2,1-7H3,(H,33,35)(H,36,37). The Morgan fingerprint density at radius 3 is 2.24 bits per heavy atom. The minimum atomic E-state index is -1.02. The predicted octanol–water partition coefficient (Wildman–Crippen LogP) is 7.23. The third kappa shape index (κ3) is 5.97. The van der Waals surface area contributed by atoms with Gasteiger partial charge in [-0.25, -0.2) is 0 Å². The van der Waals surface area contributed by atoms with E-state index in [9.17, 15) is 14.7 Å². The number of carbonyl (C=O) groups excluding carboxylic acids is 1. The molecule has 4 rings (SSSR count). The van der Waals surface area contributed by atoms with Crippen molar-refractivity contribution >= 4 is 11.9 Å². The van der Waals surface area contributed by atoms with E-state index < -0.39 is 11.4 Å². The summed E-state index contributed by atoms with van der Waals surface area (Å²) in [4.78, 5) is 24.9. The van der Waals surface area contributed by atoms with E-state index in [-0.39, 0.29) is 23.3 Å². The van der Waals surface area contributed by atoms with Crippen LogP contribution in [0.15, 0.2) is 24.3 Å². The molecule has 0 spiro atoms. The van der Waals surface area contributed by atoms with Crippen molar-refractivity contribution in [1.29, 1.82) is 0 Å². The SMILES string of the molecule is Cc1c(C(=O)NCC(C)(C)C(=O)O)cc(-c2cc(C(C)(C)C)cc(C3(C)CC3)c2)n1CC1CCCCC1. The number of hydrogen-bond donors (Lipinski definition) is 2. The molecule has 1 heterocycles. The average Bonchev–Trinajstić information content (AvgIpc) is 3.52. The normalized spacial score (nSPS) is 18.0. The summed E-state index contributed by atoms with van der Waals surface area (Å²) in [5.74, 6) is -0.497. The van der Waals surface area contributed by atoms with Gasteiger partial charge in [0.1, 0.15) is 0 Å². The number of hydrogen-bond acceptors (Lipinski definition) is 2. The van der Waals surface area contributed by atoms with Crippen LogP contribution >= 0.6 is 0 Å². The largest absolute Gasteiger partial charge is 0.481 e. The Morgan fingerprint density at radius 2 is 1.68 bits per heavy atom.